The number of allylic oxidation sites excluding steroid dienone is 3. The Morgan fingerprint density at radius 1 is 1.09 bits per heavy atom. The van der Waals surface area contributed by atoms with E-state index < -0.39 is 36.6 Å². The number of carbonyl (C=O) groups is 3. The molecule has 0 aliphatic carbocycles. The van der Waals surface area contributed by atoms with Crippen molar-refractivity contribution in [3.05, 3.63) is 36.0 Å². The molecular weight excluding hydrogens is 566 g/mol. The van der Waals surface area contributed by atoms with Crippen LogP contribution in [-0.2, 0) is 28.5 Å². The summed E-state index contributed by atoms with van der Waals surface area (Å²) >= 11 is 0. The number of aliphatic hydroxyl groups excluding tert-OH is 2. The Morgan fingerprint density at radius 2 is 1.82 bits per heavy atom. The van der Waals surface area contributed by atoms with Crippen LogP contribution in [0.3, 0.4) is 0 Å². The van der Waals surface area contributed by atoms with Crippen molar-refractivity contribution in [3.63, 3.8) is 0 Å². The van der Waals surface area contributed by atoms with Gasteiger partial charge in [-0.25, -0.2) is 4.79 Å². The van der Waals surface area contributed by atoms with Gasteiger partial charge in [-0.05, 0) is 76.9 Å². The largest absolute Gasteiger partial charge is 0.442 e. The summed E-state index contributed by atoms with van der Waals surface area (Å²) < 4.78 is 23.4. The van der Waals surface area contributed by atoms with E-state index in [9.17, 15) is 19.5 Å². The van der Waals surface area contributed by atoms with Crippen LogP contribution in [0.25, 0.3) is 0 Å². The Morgan fingerprint density at radius 3 is 2.50 bits per heavy atom. The first kappa shape index (κ1) is 34.5. The van der Waals surface area contributed by atoms with Gasteiger partial charge in [-0.3, -0.25) is 9.59 Å². The van der Waals surface area contributed by atoms with E-state index in [4.69, 9.17) is 24.1 Å². The predicted molar refractivity (Wildman–Crippen MR) is 164 cm³/mol. The van der Waals surface area contributed by atoms with Crippen molar-refractivity contribution < 1.29 is 43.5 Å². The average Bonchev–Trinajstić information content (AvgIpc) is 3.78. The number of piperidine rings is 1. The van der Waals surface area contributed by atoms with E-state index in [0.717, 1.165) is 50.8 Å². The van der Waals surface area contributed by atoms with Gasteiger partial charge in [-0.15, -0.1) is 0 Å². The van der Waals surface area contributed by atoms with E-state index in [2.05, 4.69) is 13.0 Å². The highest BCUT2D eigenvalue weighted by Gasteiger charge is 2.58. The maximum Gasteiger partial charge on any atom is 0.410 e. The molecule has 4 saturated heterocycles. The zero-order chi connectivity index (χ0) is 31.9. The molecule has 2 N–H and O–H groups in total. The molecule has 4 aliphatic rings. The zero-order valence-corrected chi connectivity index (χ0v) is 26.7. The van der Waals surface area contributed by atoms with Crippen molar-refractivity contribution in [1.82, 2.24) is 4.90 Å². The van der Waals surface area contributed by atoms with Crippen LogP contribution in [0.5, 0.6) is 0 Å². The van der Waals surface area contributed by atoms with Crippen LogP contribution in [0.4, 0.5) is 4.79 Å². The smallest absolute Gasteiger partial charge is 0.410 e. The normalized spacial score (nSPS) is 35.3. The van der Waals surface area contributed by atoms with E-state index in [1.54, 1.807) is 17.9 Å². The first-order valence-electron chi connectivity index (χ1n) is 16.3. The Bertz CT molecular complexity index is 1090. The summed E-state index contributed by atoms with van der Waals surface area (Å²) in [5.74, 6) is 0.0967. The molecule has 4 rings (SSSR count). The van der Waals surface area contributed by atoms with E-state index in [0.29, 0.717) is 19.4 Å². The molecule has 246 valence electrons. The summed E-state index contributed by atoms with van der Waals surface area (Å²) in [6, 6.07) is 0. The maximum absolute atomic E-state index is 12.7. The topological polar surface area (TPSA) is 135 Å². The fourth-order valence-electron chi connectivity index (χ4n) is 6.54. The number of aliphatic hydroxyl groups is 2. The molecule has 0 aromatic rings. The second-order valence-corrected chi connectivity index (χ2v) is 13.2. The van der Waals surface area contributed by atoms with E-state index in [1.807, 2.05) is 26.0 Å². The van der Waals surface area contributed by atoms with Crippen molar-refractivity contribution in [3.8, 4) is 0 Å². The van der Waals surface area contributed by atoms with Gasteiger partial charge in [0.1, 0.15) is 30.5 Å². The minimum Gasteiger partial charge on any atom is -0.442 e. The van der Waals surface area contributed by atoms with Gasteiger partial charge in [-0.1, -0.05) is 30.7 Å². The molecular formula is C34H51NO9. The molecule has 4 fully saturated rings. The third kappa shape index (κ3) is 9.57. The van der Waals surface area contributed by atoms with Crippen LogP contribution in [-0.4, -0.2) is 101 Å². The third-order valence-electron chi connectivity index (χ3n) is 9.42. The monoisotopic (exact) mass is 617 g/mol. The molecule has 10 nitrogen and oxygen atoms in total. The van der Waals surface area contributed by atoms with Gasteiger partial charge in [0, 0.05) is 32.4 Å². The second-order valence-electron chi connectivity index (χ2n) is 13.2. The molecule has 0 radical (unpaired) electrons. The molecule has 0 aromatic heterocycles. The van der Waals surface area contributed by atoms with Crippen molar-refractivity contribution in [2.75, 3.05) is 26.3 Å². The Balaban J connectivity index is 1.22. The zero-order valence-electron chi connectivity index (χ0n) is 26.7. The van der Waals surface area contributed by atoms with E-state index in [1.165, 1.54) is 6.08 Å². The average molecular weight is 618 g/mol. The number of Topliss-reactive ketones (excluding diaryl/α,β-unsaturated/α-hetero) is 1. The molecule has 0 aromatic carbocycles. The fourth-order valence-corrected chi connectivity index (χ4v) is 6.54. The second kappa shape index (κ2) is 15.8. The van der Waals surface area contributed by atoms with Crippen LogP contribution in [0, 0.1) is 11.8 Å². The predicted octanol–water partition coefficient (Wildman–Crippen LogP) is 4.07. The molecule has 1 unspecified atom stereocenters. The molecule has 1 spiro atoms. The van der Waals surface area contributed by atoms with Gasteiger partial charge in [0.15, 0.2) is 11.6 Å². The summed E-state index contributed by atoms with van der Waals surface area (Å²) in [4.78, 5) is 38.5. The Hall–Kier alpha value is -2.37. The van der Waals surface area contributed by atoms with Crippen molar-refractivity contribution >= 4 is 17.7 Å². The van der Waals surface area contributed by atoms with Crippen molar-refractivity contribution in [2.24, 2.45) is 11.8 Å². The summed E-state index contributed by atoms with van der Waals surface area (Å²) in [6.07, 6.45) is 12.1. The van der Waals surface area contributed by atoms with Crippen LogP contribution < -0.4 is 0 Å². The standard InChI is InChI=1S/C34H51NO9/c1-22(9-13-31-32(39)34(21-41-34)19-29(44-31)18-28(38)20-36)8-12-30-23(2)16-26(25(4)43-30)17-27(37)11-10-24(3)42-33(40)35-14-6-5-7-15-35/h8-11,13,23-26,29-32,36,39H,5-7,12,14-21H2,1-4H3/b11-10-,13-9+,22-8+/t23-,24-,25+,26-,29+,30-,31?,32+,34+/m0/s1. The summed E-state index contributed by atoms with van der Waals surface area (Å²) in [7, 11) is 0. The van der Waals surface area contributed by atoms with Gasteiger partial charge in [-0.2, -0.15) is 0 Å². The van der Waals surface area contributed by atoms with Gasteiger partial charge >= 0.3 is 6.09 Å². The number of nitrogens with zero attached hydrogens (tertiary/aromatic N) is 1. The Labute approximate surface area is 261 Å². The molecule has 4 aliphatic heterocycles. The molecule has 1 amide bonds. The number of ether oxygens (including phenoxy) is 4. The number of hydrogen-bond donors (Lipinski definition) is 2. The fraction of sp³-hybridized carbons (Fsp3) is 0.735. The molecule has 10 heteroatoms. The SMILES string of the molecule is CC(/C=C/C1O[C@H](CC(=O)CO)C[C@@]2(CO2)[C@@H]1O)=C\C[C@@H]1O[C@H](C)[C@H](CC(=O)/C=C\[C@H](C)OC(=O)N2CCCCC2)C[C@@H]1C. The van der Waals surface area contributed by atoms with Crippen LogP contribution >= 0.6 is 0 Å². The van der Waals surface area contributed by atoms with E-state index in [-0.39, 0.29) is 48.1 Å². The van der Waals surface area contributed by atoms with Gasteiger partial charge in [0.25, 0.3) is 0 Å². The summed E-state index contributed by atoms with van der Waals surface area (Å²) in [6.45, 7) is 9.30. The molecule has 9 atom stereocenters. The third-order valence-corrected chi connectivity index (χ3v) is 9.42. The number of carbonyl (C=O) groups excluding carboxylic acids is 3. The first-order chi connectivity index (χ1) is 21.0. The minimum absolute atomic E-state index is 0.00584. The van der Waals surface area contributed by atoms with Gasteiger partial charge in [0.2, 0.25) is 0 Å². The van der Waals surface area contributed by atoms with E-state index >= 15 is 0 Å². The first-order valence-corrected chi connectivity index (χ1v) is 16.3. The van der Waals surface area contributed by atoms with Gasteiger partial charge in [0.05, 0.1) is 24.9 Å². The number of epoxide rings is 1. The highest BCUT2D eigenvalue weighted by molar-refractivity contribution is 5.90. The Kier molecular flexibility index (Phi) is 12.4. The van der Waals surface area contributed by atoms with Crippen molar-refractivity contribution in [2.45, 2.75) is 121 Å². The highest BCUT2D eigenvalue weighted by atomic mass is 16.6. The molecule has 0 bridgehead atoms. The molecule has 44 heavy (non-hydrogen) atoms. The quantitative estimate of drug-likeness (QED) is 0.189. The highest BCUT2D eigenvalue weighted by Crippen LogP contribution is 2.43. The summed E-state index contributed by atoms with van der Waals surface area (Å²) in [5.41, 5.74) is 0.333. The lowest BCUT2D eigenvalue weighted by Crippen LogP contribution is -2.50. The minimum atomic E-state index is -0.818. The van der Waals surface area contributed by atoms with Gasteiger partial charge < -0.3 is 34.1 Å². The van der Waals surface area contributed by atoms with Crippen molar-refractivity contribution in [1.29, 1.82) is 0 Å². The molecule has 0 saturated carbocycles. The number of hydrogen-bond acceptors (Lipinski definition) is 9. The van der Waals surface area contributed by atoms with Crippen LogP contribution in [0.1, 0.15) is 79.1 Å². The lowest BCUT2D eigenvalue weighted by Gasteiger charge is -2.38. The van der Waals surface area contributed by atoms with Crippen LogP contribution in [0.15, 0.2) is 36.0 Å². The summed E-state index contributed by atoms with van der Waals surface area (Å²) in [5, 5.41) is 19.9. The van der Waals surface area contributed by atoms with Crippen LogP contribution in [0.2, 0.25) is 0 Å². The lowest BCUT2D eigenvalue weighted by molar-refractivity contribution is -0.145. The lowest BCUT2D eigenvalue weighted by atomic mass is 9.81. The number of amides is 1. The number of likely N-dealkylation sites (tertiary alicyclic amines) is 1. The molecule has 4 heterocycles. The number of rotatable bonds is 12. The number of ketones is 2. The maximum atomic E-state index is 12.7.